The first-order valence-electron chi connectivity index (χ1n) is 14.0. The van der Waals surface area contributed by atoms with Crippen LogP contribution in [0.3, 0.4) is 0 Å². The Labute approximate surface area is 265 Å². The zero-order valence-corrected chi connectivity index (χ0v) is 25.8. The van der Waals surface area contributed by atoms with Gasteiger partial charge in [-0.15, -0.1) is 0 Å². The summed E-state index contributed by atoms with van der Waals surface area (Å²) in [6.07, 6.45) is -2.25. The molecule has 6 rings (SSSR count). The number of oxazole rings is 1. The smallest absolute Gasteiger partial charge is 0.383 e. The second kappa shape index (κ2) is 12.1. The van der Waals surface area contributed by atoms with Crippen LogP contribution in [0.5, 0.6) is 5.75 Å². The summed E-state index contributed by atoms with van der Waals surface area (Å²) in [5.74, 6) is -1.24. The van der Waals surface area contributed by atoms with E-state index in [1.165, 1.54) is 62.7 Å². The van der Waals surface area contributed by atoms with Crippen molar-refractivity contribution in [3.8, 4) is 39.7 Å². The molecule has 6 aromatic rings. The van der Waals surface area contributed by atoms with Gasteiger partial charge in [-0.3, -0.25) is 9.10 Å². The predicted molar refractivity (Wildman–Crippen MR) is 167 cm³/mol. The number of aromatic amines is 1. The Morgan fingerprint density at radius 2 is 1.70 bits per heavy atom. The zero-order chi connectivity index (χ0) is 33.6. The van der Waals surface area contributed by atoms with Gasteiger partial charge in [0.25, 0.3) is 17.8 Å². The first-order chi connectivity index (χ1) is 22.4. The number of rotatable bonds is 9. The van der Waals surface area contributed by atoms with Gasteiger partial charge in [-0.1, -0.05) is 12.1 Å². The highest BCUT2D eigenvalue weighted by molar-refractivity contribution is 7.92. The van der Waals surface area contributed by atoms with Crippen molar-refractivity contribution in [3.63, 3.8) is 0 Å². The summed E-state index contributed by atoms with van der Waals surface area (Å²) in [5.41, 5.74) is 1.30. The number of carbonyl (C=O) groups excluding carboxylic acids is 1. The van der Waals surface area contributed by atoms with Crippen LogP contribution in [0.1, 0.15) is 10.4 Å². The van der Waals surface area contributed by atoms with Crippen LogP contribution in [0, 0.1) is 11.6 Å². The van der Waals surface area contributed by atoms with Gasteiger partial charge >= 0.3 is 5.89 Å². The largest absolute Gasteiger partial charge is 0.496 e. The lowest BCUT2D eigenvalue weighted by Crippen LogP contribution is -2.34. The molecule has 47 heavy (non-hydrogen) atoms. The quantitative estimate of drug-likeness (QED) is 0.172. The lowest BCUT2D eigenvalue weighted by molar-refractivity contribution is -0.338. The molecule has 0 fully saturated rings. The Hall–Kier alpha value is -5.37. The third-order valence-corrected chi connectivity index (χ3v) is 8.66. The van der Waals surface area contributed by atoms with Gasteiger partial charge in [0, 0.05) is 35.7 Å². The van der Waals surface area contributed by atoms with E-state index in [1.807, 2.05) is 0 Å². The van der Waals surface area contributed by atoms with Gasteiger partial charge in [0.1, 0.15) is 28.5 Å². The third kappa shape index (κ3) is 5.87. The molecule has 4 aromatic carbocycles. The van der Waals surface area contributed by atoms with Crippen molar-refractivity contribution in [1.29, 1.82) is 0 Å². The third-order valence-electron chi connectivity index (χ3n) is 7.51. The first kappa shape index (κ1) is 31.6. The van der Waals surface area contributed by atoms with Crippen molar-refractivity contribution in [1.82, 2.24) is 5.32 Å². The van der Waals surface area contributed by atoms with Gasteiger partial charge in [0.15, 0.2) is 5.82 Å². The maximum Gasteiger partial charge on any atom is 0.383 e. The van der Waals surface area contributed by atoms with Crippen LogP contribution in [0.2, 0.25) is 0 Å². The van der Waals surface area contributed by atoms with Crippen LogP contribution >= 0.6 is 0 Å². The fourth-order valence-corrected chi connectivity index (χ4v) is 6.29. The average Bonchev–Trinajstić information content (AvgIpc) is 3.65. The number of hydrogen-bond donors (Lipinski definition) is 1. The van der Waals surface area contributed by atoms with Crippen LogP contribution in [0.4, 0.5) is 23.2 Å². The fourth-order valence-electron chi connectivity index (χ4n) is 5.40. The summed E-state index contributed by atoms with van der Waals surface area (Å²) in [6.45, 7) is -1.18. The number of anilines is 1. The number of amides is 1. The highest BCUT2D eigenvalue weighted by atomic mass is 32.2. The van der Waals surface area contributed by atoms with Crippen molar-refractivity contribution in [2.75, 3.05) is 31.3 Å². The molecule has 2 aromatic heterocycles. The number of methoxy groups -OCH3 is 1. The number of para-hydroxylation sites is 1. The average molecular weight is 669 g/mol. The van der Waals surface area contributed by atoms with E-state index in [-0.39, 0.29) is 45.0 Å². The molecule has 14 heteroatoms. The van der Waals surface area contributed by atoms with Crippen LogP contribution in [-0.4, -0.2) is 47.7 Å². The minimum absolute atomic E-state index is 0.0134. The maximum absolute atomic E-state index is 14.5. The Morgan fingerprint density at radius 1 is 0.979 bits per heavy atom. The van der Waals surface area contributed by atoms with E-state index in [2.05, 4.69) is 10.3 Å². The van der Waals surface area contributed by atoms with Gasteiger partial charge in [-0.05, 0) is 54.1 Å². The fraction of sp³-hybridized carbons (Fsp3) is 0.152. The SMILES string of the molecule is CNC(=O)c1c(-c2ccc(F)cc2)oc2cc(N(CC(F)F)S(C)(=O)=O)c(-c3ccc(OC)c(-c4[nH+]c5cccc(F)c5o4)c3)cc12. The molecule has 2 heterocycles. The van der Waals surface area contributed by atoms with Crippen LogP contribution < -0.4 is 19.3 Å². The lowest BCUT2D eigenvalue weighted by atomic mass is 9.97. The Kier molecular flexibility index (Phi) is 8.13. The number of ether oxygens (including phenoxy) is 1. The number of H-pyrrole nitrogens is 1. The van der Waals surface area contributed by atoms with E-state index >= 15 is 0 Å². The minimum Gasteiger partial charge on any atom is -0.496 e. The van der Waals surface area contributed by atoms with Crippen molar-refractivity contribution in [3.05, 3.63) is 90.0 Å². The first-order valence-corrected chi connectivity index (χ1v) is 15.9. The van der Waals surface area contributed by atoms with Crippen LogP contribution in [-0.2, 0) is 10.0 Å². The molecule has 0 spiro atoms. The molecule has 9 nitrogen and oxygen atoms in total. The van der Waals surface area contributed by atoms with Crippen molar-refractivity contribution in [2.24, 2.45) is 0 Å². The number of hydrogen-bond acceptors (Lipinski definition) is 6. The number of alkyl halides is 2. The Balaban J connectivity index is 1.67. The predicted octanol–water partition coefficient (Wildman–Crippen LogP) is 6.67. The van der Waals surface area contributed by atoms with Gasteiger partial charge < -0.3 is 18.9 Å². The number of halogens is 4. The maximum atomic E-state index is 14.5. The summed E-state index contributed by atoms with van der Waals surface area (Å²) >= 11 is 0. The molecule has 0 unspecified atom stereocenters. The summed E-state index contributed by atoms with van der Waals surface area (Å²) < 4.78 is 99.8. The second-order valence-electron chi connectivity index (χ2n) is 10.5. The van der Waals surface area contributed by atoms with Gasteiger partial charge in [0.05, 0.1) is 31.2 Å². The van der Waals surface area contributed by atoms with Gasteiger partial charge in [0.2, 0.25) is 15.6 Å². The molecular weight excluding hydrogens is 642 g/mol. The molecule has 0 aliphatic heterocycles. The van der Waals surface area contributed by atoms with Gasteiger partial charge in [-0.2, -0.15) is 4.98 Å². The number of fused-ring (bicyclic) bond motifs is 2. The number of benzene rings is 4. The molecule has 0 aliphatic carbocycles. The molecule has 0 saturated heterocycles. The minimum atomic E-state index is -4.29. The highest BCUT2D eigenvalue weighted by Gasteiger charge is 2.30. The van der Waals surface area contributed by atoms with Crippen LogP contribution in [0.25, 0.3) is 56.0 Å². The molecule has 0 bridgehead atoms. The number of nitrogens with one attached hydrogen (secondary N) is 2. The Morgan fingerprint density at radius 3 is 2.34 bits per heavy atom. The number of aromatic nitrogens is 1. The molecule has 2 N–H and O–H groups in total. The number of furan rings is 1. The topological polar surface area (TPSA) is 116 Å². The molecule has 242 valence electrons. The van der Waals surface area contributed by atoms with E-state index in [0.29, 0.717) is 32.3 Å². The summed E-state index contributed by atoms with van der Waals surface area (Å²) in [7, 11) is -1.48. The molecular formula is C33H26F4N3O6S+. The molecule has 1 amide bonds. The van der Waals surface area contributed by atoms with Crippen LogP contribution in [0.15, 0.2) is 81.6 Å². The monoisotopic (exact) mass is 668 g/mol. The van der Waals surface area contributed by atoms with E-state index in [4.69, 9.17) is 13.6 Å². The van der Waals surface area contributed by atoms with E-state index in [0.717, 1.165) is 6.26 Å². The summed E-state index contributed by atoms with van der Waals surface area (Å²) in [5, 5.41) is 2.77. The molecule has 0 atom stereocenters. The van der Waals surface area contributed by atoms with E-state index in [1.54, 1.807) is 24.3 Å². The van der Waals surface area contributed by atoms with Gasteiger partial charge in [-0.25, -0.2) is 26.0 Å². The standard InChI is InChI=1S/C33H25F4N3O6S/c1-38-32(41)29-21-14-20(18-9-12-26(44-2)22(13-18)33-39-24-6-4-5-23(35)31(24)46-33)25(40(16-28(36)37)47(3,42)43)15-27(21)45-30(29)17-7-10-19(34)11-8-17/h4-15,28H,16H2,1-3H3,(H,38,41)/p+1. The highest BCUT2D eigenvalue weighted by Crippen LogP contribution is 2.43. The van der Waals surface area contributed by atoms with E-state index < -0.39 is 40.5 Å². The van der Waals surface area contributed by atoms with Crippen molar-refractivity contribution in [2.45, 2.75) is 6.43 Å². The normalized spacial score (nSPS) is 11.8. The molecule has 0 saturated carbocycles. The molecule has 0 aliphatic rings. The second-order valence-corrected chi connectivity index (χ2v) is 12.4. The summed E-state index contributed by atoms with van der Waals surface area (Å²) in [4.78, 5) is 16.2. The number of nitrogens with zero attached hydrogens (tertiary/aromatic N) is 1. The Bertz CT molecular complexity index is 2270. The van der Waals surface area contributed by atoms with Crippen molar-refractivity contribution >= 4 is 43.7 Å². The lowest BCUT2D eigenvalue weighted by Gasteiger charge is -2.25. The number of carbonyl (C=O) groups is 1. The molecule has 0 radical (unpaired) electrons. The van der Waals surface area contributed by atoms with E-state index in [9.17, 15) is 30.8 Å². The zero-order valence-electron chi connectivity index (χ0n) is 25.0. The number of sulfonamides is 1. The summed E-state index contributed by atoms with van der Waals surface area (Å²) in [6, 6.07) is 16.9. The van der Waals surface area contributed by atoms with Crippen molar-refractivity contribution < 1.29 is 49.3 Å².